The van der Waals surface area contributed by atoms with Crippen LogP contribution in [0.15, 0.2) is 24.5 Å². The van der Waals surface area contributed by atoms with Crippen LogP contribution in [0, 0.1) is 0 Å². The van der Waals surface area contributed by atoms with Crippen LogP contribution in [-0.4, -0.2) is 26.5 Å². The van der Waals surface area contributed by atoms with Gasteiger partial charge >= 0.3 is 0 Å². The normalized spacial score (nSPS) is 10.8. The minimum absolute atomic E-state index is 0.774. The van der Waals surface area contributed by atoms with E-state index in [-0.39, 0.29) is 0 Å². The largest absolute Gasteiger partial charge is 0.313 e. The maximum atomic E-state index is 4.41. The van der Waals surface area contributed by atoms with Crippen LogP contribution in [0.2, 0.25) is 0 Å². The molecule has 0 spiro atoms. The van der Waals surface area contributed by atoms with Crippen molar-refractivity contribution in [2.24, 2.45) is 0 Å². The fourth-order valence-electron chi connectivity index (χ4n) is 1.94. The molecule has 0 aliphatic heterocycles. The molecule has 1 N–H and O–H groups in total. The second-order valence-electron chi connectivity index (χ2n) is 4.14. The summed E-state index contributed by atoms with van der Waals surface area (Å²) in [6.07, 6.45) is 5.65. The van der Waals surface area contributed by atoms with Crippen LogP contribution in [0.1, 0.15) is 31.5 Å². The molecule has 0 atom stereocenters. The van der Waals surface area contributed by atoms with E-state index in [1.165, 1.54) is 11.3 Å². The van der Waals surface area contributed by atoms with Gasteiger partial charge in [-0.2, -0.15) is 10.2 Å². The van der Waals surface area contributed by atoms with Gasteiger partial charge in [-0.25, -0.2) is 4.68 Å². The van der Waals surface area contributed by atoms with Crippen molar-refractivity contribution in [3.8, 4) is 5.82 Å². The first-order valence-electron chi connectivity index (χ1n) is 6.41. The van der Waals surface area contributed by atoms with Gasteiger partial charge in [-0.3, -0.25) is 0 Å². The zero-order chi connectivity index (χ0) is 12.8. The van der Waals surface area contributed by atoms with E-state index in [4.69, 9.17) is 0 Å². The van der Waals surface area contributed by atoms with Gasteiger partial charge in [0.25, 0.3) is 0 Å². The standard InChI is InChI=1S/C13H19N5/c1-3-7-14-9-11-10-16-18(12(11)4-2)13-6-5-8-15-17-13/h5-6,8,10,14H,3-4,7,9H2,1-2H3. The minimum atomic E-state index is 0.774. The monoisotopic (exact) mass is 245 g/mol. The van der Waals surface area contributed by atoms with Gasteiger partial charge in [0.2, 0.25) is 0 Å². The van der Waals surface area contributed by atoms with E-state index in [0.29, 0.717) is 0 Å². The summed E-state index contributed by atoms with van der Waals surface area (Å²) in [6, 6.07) is 3.79. The van der Waals surface area contributed by atoms with Gasteiger partial charge in [0.1, 0.15) is 0 Å². The van der Waals surface area contributed by atoms with Gasteiger partial charge in [0, 0.05) is 18.3 Å². The predicted molar refractivity (Wildman–Crippen MR) is 70.5 cm³/mol. The van der Waals surface area contributed by atoms with Gasteiger partial charge in [-0.15, -0.1) is 5.10 Å². The van der Waals surface area contributed by atoms with Gasteiger partial charge in [0.15, 0.2) is 5.82 Å². The lowest BCUT2D eigenvalue weighted by atomic mass is 10.2. The summed E-state index contributed by atoms with van der Waals surface area (Å²) >= 11 is 0. The molecule has 2 aromatic heterocycles. The fourth-order valence-corrected chi connectivity index (χ4v) is 1.94. The van der Waals surface area contributed by atoms with Crippen LogP contribution in [0.25, 0.3) is 5.82 Å². The van der Waals surface area contributed by atoms with Crippen molar-refractivity contribution in [3.63, 3.8) is 0 Å². The summed E-state index contributed by atoms with van der Waals surface area (Å²) in [5.41, 5.74) is 2.43. The van der Waals surface area contributed by atoms with Crippen molar-refractivity contribution in [2.45, 2.75) is 33.2 Å². The van der Waals surface area contributed by atoms with Crippen molar-refractivity contribution in [1.29, 1.82) is 0 Å². The van der Waals surface area contributed by atoms with Crippen LogP contribution >= 0.6 is 0 Å². The highest BCUT2D eigenvalue weighted by Gasteiger charge is 2.10. The summed E-state index contributed by atoms with van der Waals surface area (Å²) in [7, 11) is 0. The third-order valence-corrected chi connectivity index (χ3v) is 2.81. The second-order valence-corrected chi connectivity index (χ2v) is 4.14. The average molecular weight is 245 g/mol. The lowest BCUT2D eigenvalue weighted by molar-refractivity contribution is 0.668. The highest BCUT2D eigenvalue weighted by atomic mass is 15.3. The van der Waals surface area contributed by atoms with E-state index in [1.54, 1.807) is 6.20 Å². The molecule has 0 saturated carbocycles. The molecule has 0 amide bonds. The van der Waals surface area contributed by atoms with E-state index >= 15 is 0 Å². The number of nitrogens with one attached hydrogen (secondary N) is 1. The minimum Gasteiger partial charge on any atom is -0.313 e. The third kappa shape index (κ3) is 2.73. The van der Waals surface area contributed by atoms with Crippen molar-refractivity contribution < 1.29 is 0 Å². The highest BCUT2D eigenvalue weighted by molar-refractivity contribution is 5.27. The van der Waals surface area contributed by atoms with Crippen molar-refractivity contribution in [2.75, 3.05) is 6.54 Å². The van der Waals surface area contributed by atoms with E-state index in [0.717, 1.165) is 31.7 Å². The Kier molecular flexibility index (Phi) is 4.41. The van der Waals surface area contributed by atoms with E-state index in [2.05, 4.69) is 34.5 Å². The molecule has 5 heteroatoms. The van der Waals surface area contributed by atoms with Crippen LogP contribution in [0.3, 0.4) is 0 Å². The lowest BCUT2D eigenvalue weighted by Crippen LogP contribution is -2.15. The first-order valence-corrected chi connectivity index (χ1v) is 6.41. The molecule has 2 rings (SSSR count). The zero-order valence-corrected chi connectivity index (χ0v) is 10.9. The zero-order valence-electron chi connectivity index (χ0n) is 10.9. The maximum Gasteiger partial charge on any atom is 0.175 e. The molecule has 0 aliphatic rings. The Morgan fingerprint density at radius 2 is 2.22 bits per heavy atom. The molecular weight excluding hydrogens is 226 g/mol. The molecular formula is C13H19N5. The lowest BCUT2D eigenvalue weighted by Gasteiger charge is -2.07. The maximum absolute atomic E-state index is 4.41. The molecule has 0 aromatic carbocycles. The van der Waals surface area contributed by atoms with Crippen molar-refractivity contribution >= 4 is 0 Å². The van der Waals surface area contributed by atoms with Gasteiger partial charge in [0.05, 0.1) is 11.9 Å². The molecule has 0 aliphatic carbocycles. The molecule has 0 bridgehead atoms. The molecule has 0 fully saturated rings. The summed E-state index contributed by atoms with van der Waals surface area (Å²) in [5, 5.41) is 15.8. The number of aromatic nitrogens is 4. The summed E-state index contributed by atoms with van der Waals surface area (Å²) in [5.74, 6) is 0.774. The highest BCUT2D eigenvalue weighted by Crippen LogP contribution is 2.13. The van der Waals surface area contributed by atoms with Crippen LogP contribution < -0.4 is 5.32 Å². The van der Waals surface area contributed by atoms with E-state index in [1.807, 2.05) is 23.0 Å². The molecule has 96 valence electrons. The van der Waals surface area contributed by atoms with Crippen LogP contribution in [0.4, 0.5) is 0 Å². The SMILES string of the molecule is CCCNCc1cnn(-c2cccnn2)c1CC. The molecule has 2 heterocycles. The number of nitrogens with zero attached hydrogens (tertiary/aromatic N) is 4. The molecule has 5 nitrogen and oxygen atoms in total. The number of hydrogen-bond acceptors (Lipinski definition) is 4. The quantitative estimate of drug-likeness (QED) is 0.787. The molecule has 0 saturated heterocycles. The molecule has 2 aromatic rings. The first-order chi connectivity index (χ1) is 8.86. The first kappa shape index (κ1) is 12.7. The number of hydrogen-bond donors (Lipinski definition) is 1. The Labute approximate surface area is 107 Å². The third-order valence-electron chi connectivity index (χ3n) is 2.81. The summed E-state index contributed by atoms with van der Waals surface area (Å²) in [6.45, 7) is 6.18. The smallest absolute Gasteiger partial charge is 0.175 e. The van der Waals surface area contributed by atoms with Crippen LogP contribution in [0.5, 0.6) is 0 Å². The van der Waals surface area contributed by atoms with Crippen molar-refractivity contribution in [1.82, 2.24) is 25.3 Å². The Morgan fingerprint density at radius 1 is 1.33 bits per heavy atom. The Morgan fingerprint density at radius 3 is 2.89 bits per heavy atom. The van der Waals surface area contributed by atoms with E-state index in [9.17, 15) is 0 Å². The fraction of sp³-hybridized carbons (Fsp3) is 0.462. The topological polar surface area (TPSA) is 55.6 Å². The van der Waals surface area contributed by atoms with Gasteiger partial charge in [-0.1, -0.05) is 13.8 Å². The predicted octanol–water partition coefficient (Wildman–Crippen LogP) is 1.72. The molecule has 0 unspecified atom stereocenters. The Bertz CT molecular complexity index is 477. The Hall–Kier alpha value is -1.75. The number of rotatable bonds is 6. The second kappa shape index (κ2) is 6.26. The van der Waals surface area contributed by atoms with Gasteiger partial charge in [-0.05, 0) is 31.5 Å². The molecule has 0 radical (unpaired) electrons. The summed E-state index contributed by atoms with van der Waals surface area (Å²) < 4.78 is 1.87. The van der Waals surface area contributed by atoms with Crippen molar-refractivity contribution in [3.05, 3.63) is 35.8 Å². The van der Waals surface area contributed by atoms with Crippen LogP contribution in [-0.2, 0) is 13.0 Å². The average Bonchev–Trinajstić information content (AvgIpc) is 2.83. The van der Waals surface area contributed by atoms with E-state index < -0.39 is 0 Å². The summed E-state index contributed by atoms with van der Waals surface area (Å²) in [4.78, 5) is 0. The van der Waals surface area contributed by atoms with Gasteiger partial charge < -0.3 is 5.32 Å². The Balaban J connectivity index is 2.22. The molecule has 18 heavy (non-hydrogen) atoms.